The number of hydrogen-bond acceptors (Lipinski definition) is 6. The van der Waals surface area contributed by atoms with Crippen LogP contribution in [0, 0.1) is 6.92 Å². The van der Waals surface area contributed by atoms with Crippen LogP contribution < -0.4 is 9.73 Å². The van der Waals surface area contributed by atoms with Crippen molar-refractivity contribution in [2.24, 2.45) is 5.10 Å². The van der Waals surface area contributed by atoms with E-state index in [0.29, 0.717) is 11.3 Å². The van der Waals surface area contributed by atoms with Gasteiger partial charge >= 0.3 is 0 Å². The highest BCUT2D eigenvalue weighted by Gasteiger charge is 2.27. The predicted octanol–water partition coefficient (Wildman–Crippen LogP) is 3.77. The van der Waals surface area contributed by atoms with E-state index in [4.69, 9.17) is 0 Å². The number of benzene rings is 3. The van der Waals surface area contributed by atoms with E-state index in [0.717, 1.165) is 14.8 Å². The van der Waals surface area contributed by atoms with Gasteiger partial charge in [-0.25, -0.2) is 13.8 Å². The molecule has 0 radical (unpaired) electrons. The molecule has 3 aromatic carbocycles. The second-order valence-corrected chi connectivity index (χ2v) is 9.62. The fourth-order valence-corrected chi connectivity index (χ4v) is 4.67. The van der Waals surface area contributed by atoms with E-state index in [9.17, 15) is 18.3 Å². The number of para-hydroxylation sites is 1. The maximum atomic E-state index is 13.4. The van der Waals surface area contributed by atoms with Gasteiger partial charge in [0.05, 0.1) is 16.8 Å². The first-order valence-electron chi connectivity index (χ1n) is 9.64. The third-order valence-electron chi connectivity index (χ3n) is 4.59. The highest BCUT2D eigenvalue weighted by Crippen LogP contribution is 2.25. The predicted molar refractivity (Wildman–Crippen MR) is 128 cm³/mol. The largest absolute Gasteiger partial charge is 0.507 e. The summed E-state index contributed by atoms with van der Waals surface area (Å²) >= 11 is 1.51. The van der Waals surface area contributed by atoms with Crippen LogP contribution in [0.2, 0.25) is 0 Å². The first-order chi connectivity index (χ1) is 15.3. The van der Waals surface area contributed by atoms with Crippen LogP contribution in [0.4, 0.5) is 5.69 Å². The number of hydrazone groups is 1. The number of nitrogens with zero attached hydrogens (tertiary/aromatic N) is 2. The van der Waals surface area contributed by atoms with E-state index < -0.39 is 22.5 Å². The first-order valence-corrected chi connectivity index (χ1v) is 12.3. The van der Waals surface area contributed by atoms with E-state index in [1.165, 1.54) is 36.2 Å². The normalized spacial score (nSPS) is 11.4. The fourth-order valence-electron chi connectivity index (χ4n) is 2.84. The van der Waals surface area contributed by atoms with Crippen LogP contribution in [0.25, 0.3) is 0 Å². The molecule has 0 heterocycles. The molecule has 0 spiro atoms. The van der Waals surface area contributed by atoms with Gasteiger partial charge in [-0.3, -0.25) is 9.10 Å². The number of thioether (sulfide) groups is 1. The Morgan fingerprint density at radius 1 is 1.06 bits per heavy atom. The number of aromatic hydroxyl groups is 1. The average molecular weight is 470 g/mol. The lowest BCUT2D eigenvalue weighted by molar-refractivity contribution is -0.119. The first kappa shape index (κ1) is 23.4. The number of carbonyl (C=O) groups excluding carboxylic acids is 1. The van der Waals surface area contributed by atoms with Gasteiger partial charge < -0.3 is 5.11 Å². The summed E-state index contributed by atoms with van der Waals surface area (Å²) in [5.74, 6) is -0.607. The monoisotopic (exact) mass is 469 g/mol. The Labute approximate surface area is 191 Å². The van der Waals surface area contributed by atoms with Crippen LogP contribution in [-0.4, -0.2) is 38.4 Å². The van der Waals surface area contributed by atoms with Crippen molar-refractivity contribution in [3.05, 3.63) is 83.9 Å². The molecule has 166 valence electrons. The summed E-state index contributed by atoms with van der Waals surface area (Å²) < 4.78 is 27.8. The number of aryl methyl sites for hydroxylation is 1. The van der Waals surface area contributed by atoms with Gasteiger partial charge in [0.25, 0.3) is 15.9 Å². The van der Waals surface area contributed by atoms with Gasteiger partial charge in [0.2, 0.25) is 0 Å². The van der Waals surface area contributed by atoms with E-state index in [1.807, 2.05) is 13.2 Å². The zero-order valence-electron chi connectivity index (χ0n) is 17.6. The zero-order valence-corrected chi connectivity index (χ0v) is 19.2. The minimum absolute atomic E-state index is 0.0167. The Kier molecular flexibility index (Phi) is 7.55. The standard InChI is InChI=1S/C23H23N3O4S2/c1-17-7-9-19(10-8-17)26(32(29,30)21-13-11-20(31-2)12-14-21)16-23(28)25-24-15-18-5-3-4-6-22(18)27/h3-15,27H,16H2,1-2H3,(H,25,28)/b24-15-. The van der Waals surface area contributed by atoms with Gasteiger partial charge in [0.1, 0.15) is 12.3 Å². The van der Waals surface area contributed by atoms with Crippen LogP contribution in [0.15, 0.2) is 87.7 Å². The molecule has 0 saturated carbocycles. The molecule has 3 rings (SSSR count). The lowest BCUT2D eigenvalue weighted by Gasteiger charge is -2.24. The average Bonchev–Trinajstić information content (AvgIpc) is 2.79. The van der Waals surface area contributed by atoms with Crippen molar-refractivity contribution < 1.29 is 18.3 Å². The quantitative estimate of drug-likeness (QED) is 0.297. The summed E-state index contributed by atoms with van der Waals surface area (Å²) in [7, 11) is -4.00. The molecule has 0 unspecified atom stereocenters. The van der Waals surface area contributed by atoms with E-state index >= 15 is 0 Å². The zero-order chi connectivity index (χ0) is 23.1. The maximum Gasteiger partial charge on any atom is 0.264 e. The molecule has 9 heteroatoms. The summed E-state index contributed by atoms with van der Waals surface area (Å²) in [4.78, 5) is 13.6. The van der Waals surface area contributed by atoms with Crippen molar-refractivity contribution in [3.63, 3.8) is 0 Å². The number of phenols is 1. The molecular weight excluding hydrogens is 446 g/mol. The number of hydrogen-bond donors (Lipinski definition) is 2. The third kappa shape index (κ3) is 5.68. The van der Waals surface area contributed by atoms with Crippen LogP contribution in [0.3, 0.4) is 0 Å². The molecule has 0 atom stereocenters. The van der Waals surface area contributed by atoms with Crippen molar-refractivity contribution in [1.82, 2.24) is 5.43 Å². The Balaban J connectivity index is 1.85. The number of carbonyl (C=O) groups is 1. The summed E-state index contributed by atoms with van der Waals surface area (Å²) in [6, 6.07) is 19.9. The molecule has 7 nitrogen and oxygen atoms in total. The van der Waals surface area contributed by atoms with Gasteiger partial charge in [-0.15, -0.1) is 11.8 Å². The minimum atomic E-state index is -4.00. The van der Waals surface area contributed by atoms with Gasteiger partial charge in [0, 0.05) is 10.5 Å². The van der Waals surface area contributed by atoms with E-state index in [2.05, 4.69) is 10.5 Å². The van der Waals surface area contributed by atoms with Gasteiger partial charge in [-0.2, -0.15) is 5.10 Å². The van der Waals surface area contributed by atoms with Crippen LogP contribution in [0.1, 0.15) is 11.1 Å². The Hall–Kier alpha value is -3.30. The highest BCUT2D eigenvalue weighted by atomic mass is 32.2. The number of phenolic OH excluding ortho intramolecular Hbond substituents is 1. The highest BCUT2D eigenvalue weighted by molar-refractivity contribution is 7.98. The van der Waals surface area contributed by atoms with Crippen LogP contribution in [0.5, 0.6) is 5.75 Å². The Morgan fingerprint density at radius 3 is 2.34 bits per heavy atom. The Morgan fingerprint density at radius 2 is 1.72 bits per heavy atom. The minimum Gasteiger partial charge on any atom is -0.507 e. The van der Waals surface area contributed by atoms with Crippen LogP contribution in [-0.2, 0) is 14.8 Å². The molecular formula is C23H23N3O4S2. The molecule has 1 amide bonds. The maximum absolute atomic E-state index is 13.4. The summed E-state index contributed by atoms with van der Waals surface area (Å²) in [6.45, 7) is 1.43. The molecule has 0 saturated heterocycles. The summed E-state index contributed by atoms with van der Waals surface area (Å²) in [5.41, 5.74) is 4.07. The van der Waals surface area contributed by atoms with Gasteiger partial charge in [0.15, 0.2) is 0 Å². The Bertz CT molecular complexity index is 1210. The second kappa shape index (κ2) is 10.3. The van der Waals surface area contributed by atoms with Gasteiger partial charge in [-0.1, -0.05) is 29.8 Å². The lowest BCUT2D eigenvalue weighted by Crippen LogP contribution is -2.39. The smallest absolute Gasteiger partial charge is 0.264 e. The van der Waals surface area contributed by atoms with Crippen molar-refractivity contribution in [3.8, 4) is 5.75 Å². The molecule has 0 aliphatic heterocycles. The van der Waals surface area contributed by atoms with E-state index in [-0.39, 0.29) is 10.6 Å². The lowest BCUT2D eigenvalue weighted by atomic mass is 10.2. The number of sulfonamides is 1. The van der Waals surface area contributed by atoms with Crippen molar-refractivity contribution in [1.29, 1.82) is 0 Å². The molecule has 2 N–H and O–H groups in total. The molecule has 0 fully saturated rings. The summed E-state index contributed by atoms with van der Waals surface area (Å²) in [5, 5.41) is 13.6. The van der Waals surface area contributed by atoms with Crippen LogP contribution >= 0.6 is 11.8 Å². The van der Waals surface area contributed by atoms with Crippen molar-refractivity contribution in [2.45, 2.75) is 16.7 Å². The molecule has 0 bridgehead atoms. The molecule has 0 aliphatic carbocycles. The third-order valence-corrected chi connectivity index (χ3v) is 7.12. The fraction of sp³-hybridized carbons (Fsp3) is 0.130. The molecule has 0 aliphatic rings. The SMILES string of the molecule is CSc1ccc(S(=O)(=O)N(CC(=O)N/N=C\c2ccccc2O)c2ccc(C)cc2)cc1. The van der Waals surface area contributed by atoms with Crippen molar-refractivity contribution in [2.75, 3.05) is 17.1 Å². The molecule has 3 aromatic rings. The molecule has 0 aromatic heterocycles. The molecule has 32 heavy (non-hydrogen) atoms. The van der Waals surface area contributed by atoms with E-state index in [1.54, 1.807) is 54.6 Å². The number of anilines is 1. The second-order valence-electron chi connectivity index (χ2n) is 6.87. The van der Waals surface area contributed by atoms with Gasteiger partial charge in [-0.05, 0) is 61.7 Å². The topological polar surface area (TPSA) is 99.1 Å². The number of nitrogens with one attached hydrogen (secondary N) is 1. The number of rotatable bonds is 8. The van der Waals surface area contributed by atoms with Crippen molar-refractivity contribution >= 4 is 39.6 Å². The summed E-state index contributed by atoms with van der Waals surface area (Å²) in [6.07, 6.45) is 3.20. The number of amides is 1.